The monoisotopic (exact) mass is 266 g/mol. The molecule has 0 saturated heterocycles. The Labute approximate surface area is 111 Å². The lowest BCUT2D eigenvalue weighted by Crippen LogP contribution is -2.16. The SMILES string of the molecule is O=C(O)c1nc(CNCCC2=CCCCC2)cs1. The molecule has 1 aromatic rings. The molecule has 0 aromatic carbocycles. The lowest BCUT2D eigenvalue weighted by atomic mass is 9.97. The molecule has 0 aliphatic heterocycles. The highest BCUT2D eigenvalue weighted by molar-refractivity contribution is 7.11. The van der Waals surface area contributed by atoms with Crippen molar-refractivity contribution in [3.05, 3.63) is 27.7 Å². The standard InChI is InChI=1S/C13H18N2O2S/c16-13(17)12-15-11(9-18-12)8-14-7-6-10-4-2-1-3-5-10/h4,9,14H,1-3,5-8H2,(H,16,17). The average molecular weight is 266 g/mol. The van der Waals surface area contributed by atoms with Crippen LogP contribution in [0.3, 0.4) is 0 Å². The highest BCUT2D eigenvalue weighted by Crippen LogP contribution is 2.19. The van der Waals surface area contributed by atoms with E-state index < -0.39 is 5.97 Å². The quantitative estimate of drug-likeness (QED) is 0.614. The van der Waals surface area contributed by atoms with Crippen molar-refractivity contribution in [1.82, 2.24) is 10.3 Å². The number of aromatic carboxylic acids is 1. The lowest BCUT2D eigenvalue weighted by Gasteiger charge is -2.12. The Kier molecular flexibility index (Phi) is 4.90. The Balaban J connectivity index is 1.68. The van der Waals surface area contributed by atoms with Gasteiger partial charge in [-0.25, -0.2) is 9.78 Å². The Hall–Kier alpha value is -1.20. The zero-order valence-corrected chi connectivity index (χ0v) is 11.1. The zero-order chi connectivity index (χ0) is 12.8. The van der Waals surface area contributed by atoms with E-state index in [1.54, 1.807) is 11.0 Å². The second-order valence-corrected chi connectivity index (χ2v) is 5.34. The van der Waals surface area contributed by atoms with Gasteiger partial charge >= 0.3 is 5.97 Å². The second-order valence-electron chi connectivity index (χ2n) is 4.48. The van der Waals surface area contributed by atoms with Crippen molar-refractivity contribution in [3.8, 4) is 0 Å². The van der Waals surface area contributed by atoms with Crippen LogP contribution in [-0.2, 0) is 6.54 Å². The van der Waals surface area contributed by atoms with Crippen LogP contribution in [0.2, 0.25) is 0 Å². The molecule has 5 heteroatoms. The Bertz CT molecular complexity index is 440. The molecule has 0 bridgehead atoms. The number of carboxylic acids is 1. The van der Waals surface area contributed by atoms with E-state index in [-0.39, 0.29) is 5.01 Å². The molecule has 0 fully saturated rings. The van der Waals surface area contributed by atoms with Crippen LogP contribution in [0.1, 0.15) is 47.6 Å². The number of nitrogens with one attached hydrogen (secondary N) is 1. The van der Waals surface area contributed by atoms with E-state index in [1.165, 1.54) is 37.0 Å². The molecule has 0 radical (unpaired) electrons. The van der Waals surface area contributed by atoms with Gasteiger partial charge in [0.25, 0.3) is 0 Å². The van der Waals surface area contributed by atoms with Crippen molar-refractivity contribution in [2.24, 2.45) is 0 Å². The Morgan fingerprint density at radius 3 is 3.06 bits per heavy atom. The minimum atomic E-state index is -0.946. The first-order valence-electron chi connectivity index (χ1n) is 6.32. The minimum Gasteiger partial charge on any atom is -0.476 e. The van der Waals surface area contributed by atoms with Crippen molar-refractivity contribution in [1.29, 1.82) is 0 Å². The number of carboxylic acid groups (broad SMARTS) is 1. The third-order valence-electron chi connectivity index (χ3n) is 3.05. The number of aromatic nitrogens is 1. The van der Waals surface area contributed by atoms with Gasteiger partial charge in [-0.1, -0.05) is 11.6 Å². The van der Waals surface area contributed by atoms with E-state index in [1.807, 2.05) is 0 Å². The van der Waals surface area contributed by atoms with Crippen LogP contribution in [0.15, 0.2) is 17.0 Å². The number of rotatable bonds is 6. The summed E-state index contributed by atoms with van der Waals surface area (Å²) < 4.78 is 0. The van der Waals surface area contributed by atoms with Crippen molar-refractivity contribution in [2.75, 3.05) is 6.54 Å². The van der Waals surface area contributed by atoms with E-state index in [0.717, 1.165) is 18.7 Å². The molecule has 0 unspecified atom stereocenters. The number of hydrogen-bond donors (Lipinski definition) is 2. The summed E-state index contributed by atoms with van der Waals surface area (Å²) in [5.41, 5.74) is 2.37. The lowest BCUT2D eigenvalue weighted by molar-refractivity contribution is 0.0696. The number of allylic oxidation sites excluding steroid dienone is 1. The van der Waals surface area contributed by atoms with Gasteiger partial charge in [0.2, 0.25) is 5.01 Å². The van der Waals surface area contributed by atoms with Crippen molar-refractivity contribution in [2.45, 2.75) is 38.6 Å². The highest BCUT2D eigenvalue weighted by Gasteiger charge is 2.08. The molecule has 1 aromatic heterocycles. The molecule has 1 aliphatic carbocycles. The fourth-order valence-electron chi connectivity index (χ4n) is 2.08. The Morgan fingerprint density at radius 1 is 1.50 bits per heavy atom. The summed E-state index contributed by atoms with van der Waals surface area (Å²) in [7, 11) is 0. The largest absolute Gasteiger partial charge is 0.476 e. The van der Waals surface area contributed by atoms with Gasteiger partial charge in [-0.05, 0) is 38.6 Å². The van der Waals surface area contributed by atoms with Crippen LogP contribution in [0.5, 0.6) is 0 Å². The molecule has 1 aliphatic rings. The molecular weight excluding hydrogens is 248 g/mol. The fourth-order valence-corrected chi connectivity index (χ4v) is 2.74. The first-order valence-corrected chi connectivity index (χ1v) is 7.20. The van der Waals surface area contributed by atoms with Gasteiger partial charge in [0.05, 0.1) is 5.69 Å². The summed E-state index contributed by atoms with van der Waals surface area (Å²) in [5.74, 6) is -0.946. The molecule has 98 valence electrons. The molecule has 18 heavy (non-hydrogen) atoms. The molecule has 0 spiro atoms. The normalized spacial score (nSPS) is 15.4. The van der Waals surface area contributed by atoms with Crippen LogP contribution < -0.4 is 5.32 Å². The molecule has 0 amide bonds. The van der Waals surface area contributed by atoms with E-state index in [2.05, 4.69) is 16.4 Å². The van der Waals surface area contributed by atoms with Crippen molar-refractivity contribution in [3.63, 3.8) is 0 Å². The molecular formula is C13H18N2O2S. The van der Waals surface area contributed by atoms with Crippen molar-refractivity contribution >= 4 is 17.3 Å². The maximum absolute atomic E-state index is 10.7. The average Bonchev–Trinajstić information content (AvgIpc) is 2.85. The summed E-state index contributed by atoms with van der Waals surface area (Å²) in [6.07, 6.45) is 8.56. The van der Waals surface area contributed by atoms with Crippen LogP contribution in [-0.4, -0.2) is 22.6 Å². The highest BCUT2D eigenvalue weighted by atomic mass is 32.1. The predicted octanol–water partition coefficient (Wildman–Crippen LogP) is 2.82. The maximum atomic E-state index is 10.7. The van der Waals surface area contributed by atoms with E-state index in [4.69, 9.17) is 5.11 Å². The van der Waals surface area contributed by atoms with E-state index >= 15 is 0 Å². The zero-order valence-electron chi connectivity index (χ0n) is 10.3. The Morgan fingerprint density at radius 2 is 2.39 bits per heavy atom. The van der Waals surface area contributed by atoms with Gasteiger partial charge in [-0.15, -0.1) is 11.3 Å². The molecule has 0 saturated carbocycles. The number of hydrogen-bond acceptors (Lipinski definition) is 4. The summed E-state index contributed by atoms with van der Waals surface area (Å²) >= 11 is 1.18. The summed E-state index contributed by atoms with van der Waals surface area (Å²) in [4.78, 5) is 14.7. The number of thiazole rings is 1. The second kappa shape index (κ2) is 6.66. The molecule has 1 heterocycles. The maximum Gasteiger partial charge on any atom is 0.365 e. The van der Waals surface area contributed by atoms with Gasteiger partial charge in [-0.2, -0.15) is 0 Å². The van der Waals surface area contributed by atoms with Gasteiger partial charge in [0.15, 0.2) is 0 Å². The topological polar surface area (TPSA) is 62.2 Å². The molecule has 2 N–H and O–H groups in total. The van der Waals surface area contributed by atoms with Crippen molar-refractivity contribution < 1.29 is 9.90 Å². The van der Waals surface area contributed by atoms with Crippen LogP contribution in [0.25, 0.3) is 0 Å². The third-order valence-corrected chi connectivity index (χ3v) is 3.93. The molecule has 4 nitrogen and oxygen atoms in total. The smallest absolute Gasteiger partial charge is 0.365 e. The van der Waals surface area contributed by atoms with Crippen LogP contribution in [0.4, 0.5) is 0 Å². The van der Waals surface area contributed by atoms with Crippen LogP contribution in [0, 0.1) is 0 Å². The van der Waals surface area contributed by atoms with Gasteiger partial charge in [-0.3, -0.25) is 0 Å². The van der Waals surface area contributed by atoms with Crippen LogP contribution >= 0.6 is 11.3 Å². The molecule has 0 atom stereocenters. The van der Waals surface area contributed by atoms with E-state index in [0.29, 0.717) is 6.54 Å². The first-order chi connectivity index (χ1) is 8.75. The first kappa shape index (κ1) is 13.2. The fraction of sp³-hybridized carbons (Fsp3) is 0.538. The van der Waals surface area contributed by atoms with E-state index in [9.17, 15) is 4.79 Å². The van der Waals surface area contributed by atoms with Gasteiger partial charge in [0, 0.05) is 11.9 Å². The third kappa shape index (κ3) is 3.92. The van der Waals surface area contributed by atoms with Gasteiger partial charge in [0.1, 0.15) is 0 Å². The minimum absolute atomic E-state index is 0.168. The number of nitrogens with zero attached hydrogens (tertiary/aromatic N) is 1. The molecule has 2 rings (SSSR count). The van der Waals surface area contributed by atoms with Gasteiger partial charge < -0.3 is 10.4 Å². The number of carbonyl (C=O) groups is 1. The summed E-state index contributed by atoms with van der Waals surface area (Å²) in [6.45, 7) is 1.59. The predicted molar refractivity (Wildman–Crippen MR) is 71.9 cm³/mol. The summed E-state index contributed by atoms with van der Waals surface area (Å²) in [5, 5.41) is 14.0. The summed E-state index contributed by atoms with van der Waals surface area (Å²) in [6, 6.07) is 0.